The molecule has 1 aromatic rings. The number of benzene rings is 1. The van der Waals surface area contributed by atoms with Crippen molar-refractivity contribution in [3.63, 3.8) is 0 Å². The van der Waals surface area contributed by atoms with E-state index in [1.807, 2.05) is 24.3 Å². The number of methoxy groups -OCH3 is 3. The number of ether oxygens (including phenoxy) is 3. The number of fused-ring (bicyclic) bond motifs is 1. The smallest absolute Gasteiger partial charge is 0.322 e. The summed E-state index contributed by atoms with van der Waals surface area (Å²) in [6.45, 7) is 0. The summed E-state index contributed by atoms with van der Waals surface area (Å²) < 4.78 is 16.7. The van der Waals surface area contributed by atoms with Crippen molar-refractivity contribution >= 4 is 21.6 Å². The van der Waals surface area contributed by atoms with Gasteiger partial charge in [-0.25, -0.2) is 0 Å². The number of hydrogen-bond donors (Lipinski definition) is 1. The van der Waals surface area contributed by atoms with Gasteiger partial charge in [0, 0.05) is 19.8 Å². The largest absolute Gasteiger partial charge is 0.496 e. The molecule has 0 aromatic heterocycles. The number of para-hydroxylation sites is 1. The molecule has 6 nitrogen and oxygen atoms in total. The van der Waals surface area contributed by atoms with Crippen molar-refractivity contribution in [2.24, 2.45) is 5.16 Å². The minimum absolute atomic E-state index is 0.425. The SMILES string of the molecule is COc1ccccc1C1=NOC2(O)C1=CC=C(Br)C2(OC)OC. The molecule has 1 aromatic carbocycles. The Morgan fingerprint density at radius 3 is 2.48 bits per heavy atom. The van der Waals surface area contributed by atoms with Gasteiger partial charge in [0.2, 0.25) is 0 Å². The molecule has 1 heterocycles. The number of oxime groups is 1. The molecule has 1 N–H and O–H groups in total. The van der Waals surface area contributed by atoms with Gasteiger partial charge in [-0.2, -0.15) is 0 Å². The highest BCUT2D eigenvalue weighted by atomic mass is 79.9. The first-order valence-electron chi connectivity index (χ1n) is 6.85. The minimum Gasteiger partial charge on any atom is -0.496 e. The van der Waals surface area contributed by atoms with Crippen LogP contribution < -0.4 is 4.74 Å². The number of halogens is 1. The molecular formula is C16H16BrNO5. The van der Waals surface area contributed by atoms with E-state index in [0.717, 1.165) is 0 Å². The monoisotopic (exact) mass is 381 g/mol. The summed E-state index contributed by atoms with van der Waals surface area (Å²) in [5.41, 5.74) is 1.58. The van der Waals surface area contributed by atoms with E-state index in [2.05, 4.69) is 21.1 Å². The van der Waals surface area contributed by atoms with Crippen molar-refractivity contribution < 1.29 is 24.2 Å². The topological polar surface area (TPSA) is 69.5 Å². The zero-order valence-corrected chi connectivity index (χ0v) is 14.5. The summed E-state index contributed by atoms with van der Waals surface area (Å²) in [5.74, 6) is -2.85. The average molecular weight is 382 g/mol. The van der Waals surface area contributed by atoms with Gasteiger partial charge >= 0.3 is 5.79 Å². The van der Waals surface area contributed by atoms with Gasteiger partial charge in [0.05, 0.1) is 17.2 Å². The molecule has 0 spiro atoms. The zero-order valence-electron chi connectivity index (χ0n) is 12.9. The Labute approximate surface area is 142 Å². The Balaban J connectivity index is 2.14. The van der Waals surface area contributed by atoms with Crippen LogP contribution in [0.15, 0.2) is 51.6 Å². The maximum absolute atomic E-state index is 11.1. The summed E-state index contributed by atoms with van der Waals surface area (Å²) in [6, 6.07) is 7.35. The van der Waals surface area contributed by atoms with Crippen molar-refractivity contribution in [3.8, 4) is 5.75 Å². The molecule has 7 heteroatoms. The fourth-order valence-electron chi connectivity index (χ4n) is 2.82. The highest BCUT2D eigenvalue weighted by Crippen LogP contribution is 2.49. The van der Waals surface area contributed by atoms with Crippen LogP contribution in [-0.4, -0.2) is 43.7 Å². The first kappa shape index (κ1) is 16.2. The van der Waals surface area contributed by atoms with Crippen LogP contribution >= 0.6 is 15.9 Å². The van der Waals surface area contributed by atoms with E-state index in [9.17, 15) is 5.11 Å². The van der Waals surface area contributed by atoms with E-state index in [1.165, 1.54) is 14.2 Å². The summed E-state index contributed by atoms with van der Waals surface area (Å²) in [6.07, 6.45) is 3.44. The average Bonchev–Trinajstić information content (AvgIpc) is 2.92. The molecule has 1 unspecified atom stereocenters. The van der Waals surface area contributed by atoms with Crippen molar-refractivity contribution in [1.29, 1.82) is 0 Å². The maximum atomic E-state index is 11.1. The van der Waals surface area contributed by atoms with Gasteiger partial charge in [-0.1, -0.05) is 17.3 Å². The van der Waals surface area contributed by atoms with Crippen LogP contribution in [0.1, 0.15) is 5.56 Å². The molecule has 0 bridgehead atoms. The highest BCUT2D eigenvalue weighted by Gasteiger charge is 2.64. The van der Waals surface area contributed by atoms with Gasteiger partial charge in [-0.05, 0) is 40.2 Å². The fourth-order valence-corrected chi connectivity index (χ4v) is 3.54. The van der Waals surface area contributed by atoms with E-state index >= 15 is 0 Å². The van der Waals surface area contributed by atoms with Gasteiger partial charge in [-0.3, -0.25) is 0 Å². The number of aliphatic hydroxyl groups is 1. The summed E-state index contributed by atoms with van der Waals surface area (Å²) in [7, 11) is 4.41. The molecule has 0 saturated heterocycles. The Morgan fingerprint density at radius 1 is 1.13 bits per heavy atom. The predicted molar refractivity (Wildman–Crippen MR) is 87.4 cm³/mol. The molecule has 0 saturated carbocycles. The molecule has 122 valence electrons. The first-order chi connectivity index (χ1) is 11.0. The second-order valence-corrected chi connectivity index (χ2v) is 5.85. The molecule has 23 heavy (non-hydrogen) atoms. The Morgan fingerprint density at radius 2 is 1.83 bits per heavy atom. The molecule has 1 aliphatic carbocycles. The van der Waals surface area contributed by atoms with Gasteiger partial charge in [0.1, 0.15) is 11.5 Å². The van der Waals surface area contributed by atoms with Gasteiger partial charge < -0.3 is 24.2 Å². The van der Waals surface area contributed by atoms with Crippen LogP contribution in [0.4, 0.5) is 0 Å². The van der Waals surface area contributed by atoms with Crippen LogP contribution in [-0.2, 0) is 14.3 Å². The lowest BCUT2D eigenvalue weighted by Gasteiger charge is -2.42. The molecule has 0 fully saturated rings. The number of nitrogens with zero attached hydrogens (tertiary/aromatic N) is 1. The Hall–Kier alpha value is -1.67. The van der Waals surface area contributed by atoms with Gasteiger partial charge in [-0.15, -0.1) is 0 Å². The molecule has 2 aliphatic rings. The van der Waals surface area contributed by atoms with Crippen molar-refractivity contribution in [3.05, 3.63) is 52.0 Å². The predicted octanol–water partition coefficient (Wildman–Crippen LogP) is 2.33. The number of rotatable bonds is 4. The van der Waals surface area contributed by atoms with E-state index in [4.69, 9.17) is 19.0 Å². The summed E-state index contributed by atoms with van der Waals surface area (Å²) in [4.78, 5) is 5.38. The molecule has 3 rings (SSSR count). The lowest BCUT2D eigenvalue weighted by atomic mass is 9.86. The lowest BCUT2D eigenvalue weighted by Crippen LogP contribution is -2.59. The Bertz CT molecular complexity index is 723. The van der Waals surface area contributed by atoms with E-state index in [0.29, 0.717) is 27.1 Å². The van der Waals surface area contributed by atoms with Crippen LogP contribution in [0.3, 0.4) is 0 Å². The molecule has 1 aliphatic heterocycles. The zero-order chi connectivity index (χ0) is 16.7. The first-order valence-corrected chi connectivity index (χ1v) is 7.64. The quantitative estimate of drug-likeness (QED) is 0.810. The molecule has 0 amide bonds. The number of allylic oxidation sites excluding steroid dienone is 2. The van der Waals surface area contributed by atoms with Crippen LogP contribution in [0.5, 0.6) is 5.75 Å². The Kier molecular flexibility index (Phi) is 4.05. The van der Waals surface area contributed by atoms with E-state index in [-0.39, 0.29) is 0 Å². The second kappa shape index (κ2) is 5.76. The van der Waals surface area contributed by atoms with Gasteiger partial charge in [0.15, 0.2) is 0 Å². The summed E-state index contributed by atoms with van der Waals surface area (Å²) in [5, 5.41) is 15.2. The van der Waals surface area contributed by atoms with Crippen LogP contribution in [0.25, 0.3) is 0 Å². The molecular weight excluding hydrogens is 366 g/mol. The third-order valence-electron chi connectivity index (χ3n) is 3.98. The van der Waals surface area contributed by atoms with Gasteiger partial charge in [0.25, 0.3) is 5.79 Å². The lowest BCUT2D eigenvalue weighted by molar-refractivity contribution is -0.343. The van der Waals surface area contributed by atoms with Crippen molar-refractivity contribution in [1.82, 2.24) is 0 Å². The maximum Gasteiger partial charge on any atom is 0.322 e. The fraction of sp³-hybridized carbons (Fsp3) is 0.312. The standard InChI is InChI=1S/C16H16BrNO5/c1-20-12-7-5-4-6-10(12)14-11-8-9-13(17)16(21-2,22-3)15(11,19)23-18-14/h4-9,19H,1-3H3. The summed E-state index contributed by atoms with van der Waals surface area (Å²) >= 11 is 3.36. The van der Waals surface area contributed by atoms with Crippen molar-refractivity contribution in [2.75, 3.05) is 21.3 Å². The third-order valence-corrected chi connectivity index (χ3v) is 4.77. The second-order valence-electron chi connectivity index (χ2n) is 5.00. The highest BCUT2D eigenvalue weighted by molar-refractivity contribution is 9.11. The van der Waals surface area contributed by atoms with E-state index in [1.54, 1.807) is 19.3 Å². The van der Waals surface area contributed by atoms with Crippen LogP contribution in [0, 0.1) is 0 Å². The van der Waals surface area contributed by atoms with Crippen LogP contribution in [0.2, 0.25) is 0 Å². The van der Waals surface area contributed by atoms with Crippen molar-refractivity contribution in [2.45, 2.75) is 11.6 Å². The van der Waals surface area contributed by atoms with E-state index < -0.39 is 11.6 Å². The third kappa shape index (κ3) is 2.08. The number of hydrogen-bond acceptors (Lipinski definition) is 6. The molecule has 0 radical (unpaired) electrons. The molecule has 1 atom stereocenters. The normalized spacial score (nSPS) is 25.0. The minimum atomic E-state index is -1.92.